The van der Waals surface area contributed by atoms with Crippen molar-refractivity contribution < 1.29 is 27.9 Å². The van der Waals surface area contributed by atoms with Gasteiger partial charge < -0.3 is 10.0 Å². The van der Waals surface area contributed by atoms with Crippen LogP contribution in [0.4, 0.5) is 13.2 Å². The van der Waals surface area contributed by atoms with E-state index in [9.17, 15) is 22.8 Å². The minimum Gasteiger partial charge on any atom is -0.478 e. The zero-order valence-electron chi connectivity index (χ0n) is 9.65. The third kappa shape index (κ3) is 2.69. The Hall–Kier alpha value is -2.05. The fraction of sp³-hybridized carbons (Fsp3) is 0.333. The zero-order valence-corrected chi connectivity index (χ0v) is 9.65. The Balaban J connectivity index is 1.97. The highest BCUT2D eigenvalue weighted by atomic mass is 19.4. The van der Waals surface area contributed by atoms with E-state index >= 15 is 0 Å². The second-order valence-corrected chi connectivity index (χ2v) is 4.33. The van der Waals surface area contributed by atoms with Crippen molar-refractivity contribution >= 4 is 11.9 Å². The predicted octanol–water partition coefficient (Wildman–Crippen LogP) is 1.87. The first kappa shape index (κ1) is 13.4. The molecule has 19 heavy (non-hydrogen) atoms. The Morgan fingerprint density at radius 2 is 1.68 bits per heavy atom. The van der Waals surface area contributed by atoms with Crippen LogP contribution in [0.25, 0.3) is 0 Å². The van der Waals surface area contributed by atoms with Gasteiger partial charge in [0.1, 0.15) is 0 Å². The largest absolute Gasteiger partial charge is 0.478 e. The second kappa shape index (κ2) is 4.56. The maximum atomic E-state index is 12.1. The number of benzene rings is 1. The average molecular weight is 273 g/mol. The van der Waals surface area contributed by atoms with Crippen molar-refractivity contribution in [2.75, 3.05) is 13.1 Å². The third-order valence-corrected chi connectivity index (χ3v) is 3.04. The number of amides is 1. The van der Waals surface area contributed by atoms with Crippen LogP contribution in [0.3, 0.4) is 0 Å². The Bertz CT molecular complexity index is 504. The molecular formula is C12H10F3NO3. The maximum absolute atomic E-state index is 12.1. The molecule has 1 saturated heterocycles. The van der Waals surface area contributed by atoms with Gasteiger partial charge in [0.25, 0.3) is 0 Å². The Morgan fingerprint density at radius 3 is 2.11 bits per heavy atom. The van der Waals surface area contributed by atoms with E-state index in [4.69, 9.17) is 5.11 Å². The van der Waals surface area contributed by atoms with Crippen LogP contribution >= 0.6 is 0 Å². The van der Waals surface area contributed by atoms with Crippen molar-refractivity contribution in [2.24, 2.45) is 0 Å². The van der Waals surface area contributed by atoms with Crippen LogP contribution in [0.1, 0.15) is 21.8 Å². The number of carboxylic acids is 1. The molecule has 1 aliphatic heterocycles. The van der Waals surface area contributed by atoms with Gasteiger partial charge in [-0.2, -0.15) is 13.2 Å². The van der Waals surface area contributed by atoms with Gasteiger partial charge in [0.05, 0.1) is 5.56 Å². The fourth-order valence-electron chi connectivity index (χ4n) is 1.93. The summed E-state index contributed by atoms with van der Waals surface area (Å²) in [5, 5.41) is 8.71. The van der Waals surface area contributed by atoms with Crippen LogP contribution in [0, 0.1) is 0 Å². The fourth-order valence-corrected chi connectivity index (χ4v) is 1.93. The highest BCUT2D eigenvalue weighted by molar-refractivity contribution is 5.87. The van der Waals surface area contributed by atoms with Crippen molar-refractivity contribution in [1.29, 1.82) is 0 Å². The summed E-state index contributed by atoms with van der Waals surface area (Å²) in [4.78, 5) is 22.3. The van der Waals surface area contributed by atoms with E-state index in [1.54, 1.807) is 12.1 Å². The average Bonchev–Trinajstić information content (AvgIpc) is 2.26. The second-order valence-electron chi connectivity index (χ2n) is 4.33. The summed E-state index contributed by atoms with van der Waals surface area (Å²) in [6.07, 6.45) is -4.84. The smallest absolute Gasteiger partial charge is 0.471 e. The van der Waals surface area contributed by atoms with E-state index in [2.05, 4.69) is 0 Å². The van der Waals surface area contributed by atoms with E-state index in [1.807, 2.05) is 0 Å². The van der Waals surface area contributed by atoms with Crippen molar-refractivity contribution in [1.82, 2.24) is 4.90 Å². The lowest BCUT2D eigenvalue weighted by molar-refractivity contribution is -0.189. The molecule has 0 atom stereocenters. The summed E-state index contributed by atoms with van der Waals surface area (Å²) >= 11 is 0. The van der Waals surface area contributed by atoms with E-state index < -0.39 is 18.1 Å². The number of aromatic carboxylic acids is 1. The van der Waals surface area contributed by atoms with Crippen molar-refractivity contribution in [2.45, 2.75) is 12.1 Å². The lowest BCUT2D eigenvalue weighted by Crippen LogP contribution is -2.53. The number of likely N-dealkylation sites (tertiary alicyclic amines) is 1. The molecule has 1 heterocycles. The summed E-state index contributed by atoms with van der Waals surface area (Å²) in [6.45, 7) is 0.00945. The number of carbonyl (C=O) groups excluding carboxylic acids is 1. The summed E-state index contributed by atoms with van der Waals surface area (Å²) in [5.74, 6) is -3.06. The minimum atomic E-state index is -4.84. The number of hydrogen-bond donors (Lipinski definition) is 1. The summed E-state index contributed by atoms with van der Waals surface area (Å²) < 4.78 is 36.4. The van der Waals surface area contributed by atoms with Crippen LogP contribution < -0.4 is 0 Å². The predicted molar refractivity (Wildman–Crippen MR) is 58.8 cm³/mol. The molecule has 102 valence electrons. The number of alkyl halides is 3. The van der Waals surface area contributed by atoms with Gasteiger partial charge >= 0.3 is 18.1 Å². The molecule has 0 radical (unpaired) electrons. The number of hydrogen-bond acceptors (Lipinski definition) is 2. The van der Waals surface area contributed by atoms with Crippen LogP contribution in [0.5, 0.6) is 0 Å². The van der Waals surface area contributed by atoms with Gasteiger partial charge in [0, 0.05) is 19.0 Å². The molecule has 1 aliphatic rings. The van der Waals surface area contributed by atoms with Crippen LogP contribution in [0.2, 0.25) is 0 Å². The van der Waals surface area contributed by atoms with Gasteiger partial charge in [-0.15, -0.1) is 0 Å². The molecule has 0 spiro atoms. The topological polar surface area (TPSA) is 57.6 Å². The van der Waals surface area contributed by atoms with Crippen LogP contribution in [-0.2, 0) is 4.79 Å². The molecule has 1 amide bonds. The van der Waals surface area contributed by atoms with Crippen molar-refractivity contribution in [3.8, 4) is 0 Å². The molecule has 1 N–H and O–H groups in total. The minimum absolute atomic E-state index is 0.00472. The van der Waals surface area contributed by atoms with Gasteiger partial charge in [-0.3, -0.25) is 4.79 Å². The van der Waals surface area contributed by atoms with Crippen molar-refractivity contribution in [3.05, 3.63) is 35.4 Å². The first-order chi connectivity index (χ1) is 8.79. The molecular weight excluding hydrogens is 263 g/mol. The number of carboxylic acid groups (broad SMARTS) is 1. The normalized spacial score (nSPS) is 16.1. The third-order valence-electron chi connectivity index (χ3n) is 3.04. The first-order valence-electron chi connectivity index (χ1n) is 5.48. The Morgan fingerprint density at radius 1 is 1.16 bits per heavy atom. The Kier molecular flexibility index (Phi) is 3.21. The zero-order chi connectivity index (χ0) is 14.2. The van der Waals surface area contributed by atoms with Crippen LogP contribution in [-0.4, -0.2) is 41.1 Å². The number of halogens is 3. The molecule has 1 aromatic carbocycles. The van der Waals surface area contributed by atoms with Gasteiger partial charge in [-0.25, -0.2) is 4.79 Å². The number of nitrogens with zero attached hydrogens (tertiary/aromatic N) is 1. The lowest BCUT2D eigenvalue weighted by atomic mass is 9.91. The summed E-state index contributed by atoms with van der Waals surface area (Å²) in [7, 11) is 0. The van der Waals surface area contributed by atoms with E-state index in [0.29, 0.717) is 0 Å². The number of rotatable bonds is 2. The highest BCUT2D eigenvalue weighted by Crippen LogP contribution is 2.30. The lowest BCUT2D eigenvalue weighted by Gasteiger charge is -2.39. The summed E-state index contributed by atoms with van der Waals surface area (Å²) in [6, 6.07) is 5.91. The molecule has 0 unspecified atom stereocenters. The number of carbonyl (C=O) groups is 2. The van der Waals surface area contributed by atoms with E-state index in [1.165, 1.54) is 12.1 Å². The molecule has 0 bridgehead atoms. The highest BCUT2D eigenvalue weighted by Gasteiger charge is 2.46. The molecule has 1 fully saturated rings. The molecule has 0 saturated carbocycles. The van der Waals surface area contributed by atoms with Crippen molar-refractivity contribution in [3.63, 3.8) is 0 Å². The molecule has 1 aromatic rings. The van der Waals surface area contributed by atoms with Gasteiger partial charge in [-0.1, -0.05) is 12.1 Å². The van der Waals surface area contributed by atoms with E-state index in [0.717, 1.165) is 10.5 Å². The van der Waals surface area contributed by atoms with Gasteiger partial charge in [0.15, 0.2) is 0 Å². The summed E-state index contributed by atoms with van der Waals surface area (Å²) in [5.41, 5.74) is 0.850. The maximum Gasteiger partial charge on any atom is 0.471 e. The molecule has 4 nitrogen and oxygen atoms in total. The SMILES string of the molecule is O=C(O)c1ccc(C2CN(C(=O)C(F)(F)F)C2)cc1. The molecule has 7 heteroatoms. The standard InChI is InChI=1S/C12H10F3NO3/c13-12(14,15)11(19)16-5-9(6-16)7-1-3-8(4-2-7)10(17)18/h1-4,9H,5-6H2,(H,17,18). The molecule has 0 aromatic heterocycles. The molecule has 2 rings (SSSR count). The van der Waals surface area contributed by atoms with E-state index in [-0.39, 0.29) is 24.6 Å². The quantitative estimate of drug-likeness (QED) is 0.895. The van der Waals surface area contributed by atoms with Gasteiger partial charge in [-0.05, 0) is 17.7 Å². The first-order valence-corrected chi connectivity index (χ1v) is 5.48. The molecule has 0 aliphatic carbocycles. The van der Waals surface area contributed by atoms with Crippen LogP contribution in [0.15, 0.2) is 24.3 Å². The Labute approximate surface area is 106 Å². The van der Waals surface area contributed by atoms with Gasteiger partial charge in [0.2, 0.25) is 0 Å². The monoisotopic (exact) mass is 273 g/mol.